The van der Waals surface area contributed by atoms with E-state index in [1.807, 2.05) is 49.4 Å². The third-order valence-corrected chi connectivity index (χ3v) is 4.36. The molecule has 1 aliphatic rings. The number of hydrogen-bond acceptors (Lipinski definition) is 3. The Balaban J connectivity index is 1.84. The number of benzene rings is 2. The first kappa shape index (κ1) is 18.1. The smallest absolute Gasteiger partial charge is 0.261 e. The van der Waals surface area contributed by atoms with Crippen molar-refractivity contribution in [3.63, 3.8) is 0 Å². The van der Waals surface area contributed by atoms with E-state index in [2.05, 4.69) is 12.1 Å². The van der Waals surface area contributed by atoms with E-state index in [0.717, 1.165) is 6.42 Å². The molecule has 0 saturated heterocycles. The van der Waals surface area contributed by atoms with Crippen LogP contribution in [0.2, 0.25) is 0 Å². The van der Waals surface area contributed by atoms with Crippen LogP contribution in [0.3, 0.4) is 0 Å². The van der Waals surface area contributed by atoms with Gasteiger partial charge in [0.25, 0.3) is 5.91 Å². The van der Waals surface area contributed by atoms with Crippen LogP contribution in [-0.4, -0.2) is 28.8 Å². The number of aliphatic hydroxyl groups excluding tert-OH is 1. The fourth-order valence-corrected chi connectivity index (χ4v) is 3.02. The first-order valence-electron chi connectivity index (χ1n) is 8.80. The summed E-state index contributed by atoms with van der Waals surface area (Å²) in [4.78, 5) is 14.2. The summed E-state index contributed by atoms with van der Waals surface area (Å²) < 4.78 is 5.40. The van der Waals surface area contributed by atoms with Gasteiger partial charge in [0, 0.05) is 36.1 Å². The average Bonchev–Trinajstić information content (AvgIpc) is 2.69. The molecule has 2 atom stereocenters. The van der Waals surface area contributed by atoms with Gasteiger partial charge in [-0.2, -0.15) is 0 Å². The molecule has 0 bridgehead atoms. The van der Waals surface area contributed by atoms with Gasteiger partial charge >= 0.3 is 0 Å². The monoisotopic (exact) mass is 349 g/mol. The zero-order valence-electron chi connectivity index (χ0n) is 14.8. The highest BCUT2D eigenvalue weighted by atomic mass is 16.6. The van der Waals surface area contributed by atoms with Gasteiger partial charge < -0.3 is 9.84 Å². The zero-order valence-corrected chi connectivity index (χ0v) is 14.8. The van der Waals surface area contributed by atoms with Crippen LogP contribution < -0.4 is 0 Å². The van der Waals surface area contributed by atoms with E-state index < -0.39 is 6.29 Å². The third kappa shape index (κ3) is 4.28. The van der Waals surface area contributed by atoms with Crippen molar-refractivity contribution in [3.05, 3.63) is 95.8 Å². The molecule has 1 amide bonds. The molecule has 26 heavy (non-hydrogen) atoms. The second kappa shape index (κ2) is 8.61. The molecule has 2 aromatic rings. The standard InChI is InChI=1S/C22H23NO3/c1-2-26-22(25)20-16-23(21(24)18-11-7-4-8-12-18)14-13-19(20)15-17-9-5-3-6-10-17/h3-14,16,19,22,25H,2,15H2,1H3. The number of nitrogens with zero attached hydrogens (tertiary/aromatic N) is 1. The highest BCUT2D eigenvalue weighted by Gasteiger charge is 2.26. The molecule has 0 aliphatic carbocycles. The van der Waals surface area contributed by atoms with Crippen molar-refractivity contribution in [2.75, 3.05) is 6.61 Å². The van der Waals surface area contributed by atoms with Gasteiger partial charge in [-0.05, 0) is 31.0 Å². The van der Waals surface area contributed by atoms with Crippen molar-refractivity contribution in [3.8, 4) is 0 Å². The molecule has 134 valence electrons. The molecule has 1 heterocycles. The number of rotatable bonds is 6. The van der Waals surface area contributed by atoms with Crippen LogP contribution in [0.25, 0.3) is 0 Å². The molecule has 0 aromatic heterocycles. The lowest BCUT2D eigenvalue weighted by Gasteiger charge is -2.28. The Hall–Kier alpha value is -2.69. The second-order valence-electron chi connectivity index (χ2n) is 6.15. The van der Waals surface area contributed by atoms with Crippen LogP contribution in [0.1, 0.15) is 22.8 Å². The predicted molar refractivity (Wildman–Crippen MR) is 101 cm³/mol. The number of allylic oxidation sites excluding steroid dienone is 1. The van der Waals surface area contributed by atoms with E-state index in [1.54, 1.807) is 24.5 Å². The molecule has 1 aliphatic heterocycles. The zero-order chi connectivity index (χ0) is 18.4. The number of carbonyl (C=O) groups is 1. The summed E-state index contributed by atoms with van der Waals surface area (Å²) in [5, 5.41) is 10.4. The average molecular weight is 349 g/mol. The predicted octanol–water partition coefficient (Wildman–Crippen LogP) is 3.75. The van der Waals surface area contributed by atoms with E-state index in [9.17, 15) is 9.90 Å². The highest BCUT2D eigenvalue weighted by molar-refractivity contribution is 5.95. The molecular weight excluding hydrogens is 326 g/mol. The van der Waals surface area contributed by atoms with Crippen molar-refractivity contribution in [1.29, 1.82) is 0 Å². The van der Waals surface area contributed by atoms with Gasteiger partial charge in [-0.15, -0.1) is 0 Å². The Morgan fingerprint density at radius 2 is 1.77 bits per heavy atom. The van der Waals surface area contributed by atoms with Gasteiger partial charge in [-0.3, -0.25) is 9.69 Å². The molecule has 4 heteroatoms. The third-order valence-electron chi connectivity index (χ3n) is 4.36. The Morgan fingerprint density at radius 3 is 2.42 bits per heavy atom. The summed E-state index contributed by atoms with van der Waals surface area (Å²) in [6.07, 6.45) is 5.12. The van der Waals surface area contributed by atoms with Crippen LogP contribution in [0.15, 0.2) is 84.7 Å². The summed E-state index contributed by atoms with van der Waals surface area (Å²) in [5.74, 6) is -0.167. The van der Waals surface area contributed by atoms with Crippen LogP contribution in [0.5, 0.6) is 0 Å². The Labute approximate surface area is 154 Å². The summed E-state index contributed by atoms with van der Waals surface area (Å²) in [7, 11) is 0. The molecule has 1 N–H and O–H groups in total. The van der Waals surface area contributed by atoms with Gasteiger partial charge in [0.05, 0.1) is 0 Å². The lowest BCUT2D eigenvalue weighted by Crippen LogP contribution is -2.30. The van der Waals surface area contributed by atoms with Gasteiger partial charge in [0.15, 0.2) is 6.29 Å². The largest absolute Gasteiger partial charge is 0.364 e. The summed E-state index contributed by atoms with van der Waals surface area (Å²) >= 11 is 0. The van der Waals surface area contributed by atoms with Crippen molar-refractivity contribution < 1.29 is 14.6 Å². The van der Waals surface area contributed by atoms with Crippen LogP contribution in [0.4, 0.5) is 0 Å². The van der Waals surface area contributed by atoms with E-state index in [1.165, 1.54) is 10.5 Å². The van der Waals surface area contributed by atoms with Gasteiger partial charge in [-0.1, -0.05) is 54.6 Å². The molecule has 3 rings (SSSR count). The Bertz CT molecular complexity index is 784. The number of aliphatic hydroxyl groups is 1. The summed E-state index contributed by atoms with van der Waals surface area (Å²) in [6, 6.07) is 19.2. The van der Waals surface area contributed by atoms with E-state index in [0.29, 0.717) is 17.7 Å². The van der Waals surface area contributed by atoms with E-state index >= 15 is 0 Å². The number of carbonyl (C=O) groups excluding carboxylic acids is 1. The van der Waals surface area contributed by atoms with Crippen molar-refractivity contribution >= 4 is 5.91 Å². The minimum absolute atomic E-state index is 0.0289. The molecule has 0 saturated carbocycles. The van der Waals surface area contributed by atoms with Gasteiger partial charge in [0.1, 0.15) is 0 Å². The maximum absolute atomic E-state index is 12.7. The fraction of sp³-hybridized carbons (Fsp3) is 0.227. The Morgan fingerprint density at radius 1 is 1.12 bits per heavy atom. The number of amides is 1. The van der Waals surface area contributed by atoms with E-state index in [4.69, 9.17) is 4.74 Å². The first-order chi connectivity index (χ1) is 12.7. The van der Waals surface area contributed by atoms with Crippen molar-refractivity contribution in [2.45, 2.75) is 19.6 Å². The fourth-order valence-electron chi connectivity index (χ4n) is 3.02. The molecular formula is C22H23NO3. The molecule has 0 fully saturated rings. The van der Waals surface area contributed by atoms with Crippen LogP contribution >= 0.6 is 0 Å². The summed E-state index contributed by atoms with van der Waals surface area (Å²) in [6.45, 7) is 2.23. The van der Waals surface area contributed by atoms with Crippen molar-refractivity contribution in [2.24, 2.45) is 5.92 Å². The number of hydrogen-bond donors (Lipinski definition) is 1. The minimum Gasteiger partial charge on any atom is -0.364 e. The maximum atomic E-state index is 12.7. The van der Waals surface area contributed by atoms with Crippen LogP contribution in [-0.2, 0) is 11.2 Å². The minimum atomic E-state index is -1.04. The normalized spacial score (nSPS) is 17.7. The Kier molecular flexibility index (Phi) is 6.00. The van der Waals surface area contributed by atoms with Gasteiger partial charge in [-0.25, -0.2) is 0 Å². The molecule has 0 spiro atoms. The first-order valence-corrected chi connectivity index (χ1v) is 8.80. The summed E-state index contributed by atoms with van der Waals surface area (Å²) in [5.41, 5.74) is 2.45. The van der Waals surface area contributed by atoms with Gasteiger partial charge in [0.2, 0.25) is 0 Å². The van der Waals surface area contributed by atoms with E-state index in [-0.39, 0.29) is 11.8 Å². The lowest BCUT2D eigenvalue weighted by molar-refractivity contribution is -0.0723. The molecule has 2 aromatic carbocycles. The quantitative estimate of drug-likeness (QED) is 0.808. The molecule has 0 radical (unpaired) electrons. The molecule has 4 nitrogen and oxygen atoms in total. The topological polar surface area (TPSA) is 49.8 Å². The second-order valence-corrected chi connectivity index (χ2v) is 6.15. The highest BCUT2D eigenvalue weighted by Crippen LogP contribution is 2.27. The lowest BCUT2D eigenvalue weighted by atomic mass is 9.90. The SMILES string of the molecule is CCOC(O)C1=CN(C(=O)c2ccccc2)C=CC1Cc1ccccc1. The maximum Gasteiger partial charge on any atom is 0.261 e. The molecule has 2 unspecified atom stereocenters. The van der Waals surface area contributed by atoms with Crippen LogP contribution in [0, 0.1) is 5.92 Å². The number of ether oxygens (including phenoxy) is 1. The van der Waals surface area contributed by atoms with Crippen molar-refractivity contribution in [1.82, 2.24) is 4.90 Å².